The first kappa shape index (κ1) is 27.0. The van der Waals surface area contributed by atoms with Crippen LogP contribution in [0.3, 0.4) is 0 Å². The number of hydrogen-bond acceptors (Lipinski definition) is 6. The van der Waals surface area contributed by atoms with Crippen molar-refractivity contribution in [2.24, 2.45) is 5.92 Å². The third kappa shape index (κ3) is 7.44. The number of urea groups is 1. The number of nitrogens with zero attached hydrogens (tertiary/aromatic N) is 3. The summed E-state index contributed by atoms with van der Waals surface area (Å²) in [5.74, 6) is 0.598. The monoisotopic (exact) mass is 506 g/mol. The summed E-state index contributed by atoms with van der Waals surface area (Å²) >= 11 is 0. The number of methoxy groups -OCH3 is 1. The van der Waals surface area contributed by atoms with Gasteiger partial charge in [0.05, 0.1) is 37.4 Å². The van der Waals surface area contributed by atoms with Crippen LogP contribution in [0.1, 0.15) is 51.8 Å². The molecular weight excluding hydrogens is 468 g/mol. The molecule has 35 heavy (non-hydrogen) atoms. The predicted molar refractivity (Wildman–Crippen MR) is 134 cm³/mol. The van der Waals surface area contributed by atoms with Crippen molar-refractivity contribution < 1.29 is 22.7 Å². The Bertz CT molecular complexity index is 1090. The lowest BCUT2D eigenvalue weighted by atomic mass is 10.2. The number of imidazole rings is 1. The molecule has 1 aromatic carbocycles. The van der Waals surface area contributed by atoms with Gasteiger partial charge in [0.15, 0.2) is 0 Å². The second-order valence-corrected chi connectivity index (χ2v) is 11.7. The Kier molecular flexibility index (Phi) is 9.18. The lowest BCUT2D eigenvalue weighted by Crippen LogP contribution is -2.45. The number of rotatable bonds is 11. The van der Waals surface area contributed by atoms with E-state index in [1.807, 2.05) is 27.7 Å². The van der Waals surface area contributed by atoms with E-state index < -0.39 is 9.84 Å². The van der Waals surface area contributed by atoms with Gasteiger partial charge in [0.2, 0.25) is 15.0 Å². The van der Waals surface area contributed by atoms with Gasteiger partial charge >= 0.3 is 6.03 Å². The van der Waals surface area contributed by atoms with Crippen molar-refractivity contribution >= 4 is 15.9 Å². The SMILES string of the molecule is COc1cccc(CS(=O)(=O)c2ncc(CN(CC3CCCO3)C(=O)NC(C)C)n2CC(C)C)c1. The van der Waals surface area contributed by atoms with Gasteiger partial charge in [0.25, 0.3) is 0 Å². The minimum atomic E-state index is -3.74. The Morgan fingerprint density at radius 1 is 1.31 bits per heavy atom. The van der Waals surface area contributed by atoms with E-state index in [2.05, 4.69) is 10.3 Å². The van der Waals surface area contributed by atoms with Crippen LogP contribution in [0.4, 0.5) is 4.79 Å². The minimum absolute atomic E-state index is 0.0188. The van der Waals surface area contributed by atoms with Crippen LogP contribution >= 0.6 is 0 Å². The number of nitrogens with one attached hydrogen (secondary N) is 1. The van der Waals surface area contributed by atoms with Crippen LogP contribution in [0.15, 0.2) is 35.6 Å². The Labute approximate surface area is 208 Å². The summed E-state index contributed by atoms with van der Waals surface area (Å²) < 4.78 is 39.6. The van der Waals surface area contributed by atoms with Crippen molar-refractivity contribution in [2.75, 3.05) is 20.3 Å². The molecule has 0 bridgehead atoms. The van der Waals surface area contributed by atoms with Gasteiger partial charge in [-0.3, -0.25) is 0 Å². The van der Waals surface area contributed by atoms with Gasteiger partial charge in [-0.05, 0) is 50.3 Å². The van der Waals surface area contributed by atoms with E-state index >= 15 is 0 Å². The number of carbonyl (C=O) groups excluding carboxylic acids is 1. The first-order chi connectivity index (χ1) is 16.6. The molecule has 9 nitrogen and oxygen atoms in total. The first-order valence-electron chi connectivity index (χ1n) is 12.2. The molecule has 2 amide bonds. The highest BCUT2D eigenvalue weighted by atomic mass is 32.2. The molecule has 2 aromatic rings. The van der Waals surface area contributed by atoms with E-state index in [1.54, 1.807) is 47.0 Å². The van der Waals surface area contributed by atoms with Crippen LogP contribution in [0.5, 0.6) is 5.75 Å². The summed E-state index contributed by atoms with van der Waals surface area (Å²) in [6, 6.07) is 6.80. The molecule has 2 heterocycles. The second-order valence-electron chi connectivity index (χ2n) is 9.77. The van der Waals surface area contributed by atoms with Crippen LogP contribution in [-0.2, 0) is 33.4 Å². The molecule has 3 rings (SSSR count). The van der Waals surface area contributed by atoms with Gasteiger partial charge in [-0.25, -0.2) is 18.2 Å². The summed E-state index contributed by atoms with van der Waals surface area (Å²) in [4.78, 5) is 19.0. The summed E-state index contributed by atoms with van der Waals surface area (Å²) in [5.41, 5.74) is 1.31. The average Bonchev–Trinajstić information content (AvgIpc) is 3.43. The molecule has 0 spiro atoms. The molecule has 10 heteroatoms. The molecule has 1 N–H and O–H groups in total. The molecule has 1 aromatic heterocycles. The van der Waals surface area contributed by atoms with Crippen molar-refractivity contribution in [3.05, 3.63) is 41.7 Å². The topological polar surface area (TPSA) is 103 Å². The summed E-state index contributed by atoms with van der Waals surface area (Å²) in [7, 11) is -2.19. The number of hydrogen-bond donors (Lipinski definition) is 1. The lowest BCUT2D eigenvalue weighted by Gasteiger charge is -2.27. The second kappa shape index (κ2) is 11.9. The van der Waals surface area contributed by atoms with E-state index in [-0.39, 0.29) is 41.5 Å². The highest BCUT2D eigenvalue weighted by molar-refractivity contribution is 7.90. The summed E-state index contributed by atoms with van der Waals surface area (Å²) in [6.45, 7) is 9.73. The van der Waals surface area contributed by atoms with Gasteiger partial charge in [-0.1, -0.05) is 26.0 Å². The minimum Gasteiger partial charge on any atom is -0.497 e. The van der Waals surface area contributed by atoms with E-state index in [4.69, 9.17) is 9.47 Å². The number of aromatic nitrogens is 2. The predicted octanol–water partition coefficient (Wildman–Crippen LogP) is 3.62. The van der Waals surface area contributed by atoms with Gasteiger partial charge in [-0.2, -0.15) is 0 Å². The van der Waals surface area contributed by atoms with Gasteiger partial charge in [-0.15, -0.1) is 0 Å². The summed E-state index contributed by atoms with van der Waals surface area (Å²) in [6.07, 6.45) is 3.43. The molecule has 0 saturated carbocycles. The third-order valence-corrected chi connectivity index (χ3v) is 7.31. The van der Waals surface area contributed by atoms with Crippen LogP contribution in [0.2, 0.25) is 0 Å². The third-order valence-electron chi connectivity index (χ3n) is 5.72. The van der Waals surface area contributed by atoms with Gasteiger partial charge in [0, 0.05) is 25.7 Å². The Morgan fingerprint density at radius 2 is 2.09 bits per heavy atom. The highest BCUT2D eigenvalue weighted by Crippen LogP contribution is 2.23. The maximum atomic E-state index is 13.4. The van der Waals surface area contributed by atoms with E-state index in [0.29, 0.717) is 36.7 Å². The largest absolute Gasteiger partial charge is 0.497 e. The number of ether oxygens (including phenoxy) is 2. The van der Waals surface area contributed by atoms with E-state index in [9.17, 15) is 13.2 Å². The van der Waals surface area contributed by atoms with Crippen molar-refractivity contribution in [1.29, 1.82) is 0 Å². The number of carbonyl (C=O) groups is 1. The fourth-order valence-electron chi connectivity index (χ4n) is 4.16. The van der Waals surface area contributed by atoms with E-state index in [1.165, 1.54) is 0 Å². The summed E-state index contributed by atoms with van der Waals surface area (Å²) in [5, 5.41) is 2.97. The average molecular weight is 507 g/mol. The van der Waals surface area contributed by atoms with Crippen molar-refractivity contribution in [2.45, 2.75) is 76.7 Å². The molecule has 0 radical (unpaired) electrons. The van der Waals surface area contributed by atoms with Crippen molar-refractivity contribution in [3.63, 3.8) is 0 Å². The smallest absolute Gasteiger partial charge is 0.318 e. The van der Waals surface area contributed by atoms with Gasteiger partial charge < -0.3 is 24.3 Å². The lowest BCUT2D eigenvalue weighted by molar-refractivity contribution is 0.0784. The molecule has 1 unspecified atom stereocenters. The first-order valence-corrected chi connectivity index (χ1v) is 13.8. The van der Waals surface area contributed by atoms with Crippen LogP contribution < -0.4 is 10.1 Å². The number of benzene rings is 1. The standard InChI is InChI=1S/C25H38N4O5S/c1-18(2)14-29-21(15-28(24(30)27-19(3)4)16-23-10-7-11-34-23)13-26-25(29)35(31,32)17-20-8-6-9-22(12-20)33-5/h6,8-9,12-13,18-19,23H,7,10-11,14-17H2,1-5H3,(H,27,30). The van der Waals surface area contributed by atoms with Crippen molar-refractivity contribution in [1.82, 2.24) is 19.8 Å². The zero-order chi connectivity index (χ0) is 25.6. The maximum Gasteiger partial charge on any atom is 0.318 e. The molecule has 1 saturated heterocycles. The zero-order valence-electron chi connectivity index (χ0n) is 21.4. The number of sulfone groups is 1. The van der Waals surface area contributed by atoms with Crippen molar-refractivity contribution in [3.8, 4) is 5.75 Å². The van der Waals surface area contributed by atoms with Crippen LogP contribution in [-0.4, -0.2) is 61.3 Å². The quantitative estimate of drug-likeness (QED) is 0.499. The van der Waals surface area contributed by atoms with E-state index in [0.717, 1.165) is 12.8 Å². The normalized spacial score (nSPS) is 16.1. The zero-order valence-corrected chi connectivity index (χ0v) is 22.2. The Balaban J connectivity index is 1.90. The van der Waals surface area contributed by atoms with Crippen LogP contribution in [0.25, 0.3) is 0 Å². The Morgan fingerprint density at radius 3 is 2.71 bits per heavy atom. The fourth-order valence-corrected chi connectivity index (χ4v) is 5.65. The molecule has 1 aliphatic rings. The molecule has 194 valence electrons. The molecule has 1 atom stereocenters. The molecule has 1 fully saturated rings. The maximum absolute atomic E-state index is 13.4. The van der Waals surface area contributed by atoms with Crippen LogP contribution in [0, 0.1) is 5.92 Å². The Hall–Kier alpha value is -2.59. The molecule has 0 aliphatic carbocycles. The molecular formula is C25H38N4O5S. The number of amides is 2. The molecule has 1 aliphatic heterocycles. The fraction of sp³-hybridized carbons (Fsp3) is 0.600. The highest BCUT2D eigenvalue weighted by Gasteiger charge is 2.28. The van der Waals surface area contributed by atoms with Gasteiger partial charge in [0.1, 0.15) is 5.75 Å².